The van der Waals surface area contributed by atoms with Crippen molar-refractivity contribution in [2.75, 3.05) is 45.8 Å². The molecule has 0 amide bonds. The van der Waals surface area contributed by atoms with Crippen LogP contribution in [0.3, 0.4) is 0 Å². The normalized spacial score (nSPS) is 18.1. The predicted molar refractivity (Wildman–Crippen MR) is 76.7 cm³/mol. The summed E-state index contributed by atoms with van der Waals surface area (Å²) in [6, 6.07) is 10.6. The molecule has 1 N–H and O–H groups in total. The molecule has 0 unspecified atom stereocenters. The number of hydrogen-bond acceptors (Lipinski definition) is 3. The Morgan fingerprint density at radius 1 is 1.00 bits per heavy atom. The first-order valence-electron chi connectivity index (χ1n) is 7.08. The van der Waals surface area contributed by atoms with Gasteiger partial charge in [-0.1, -0.05) is 37.3 Å². The van der Waals surface area contributed by atoms with Gasteiger partial charge in [0.15, 0.2) is 0 Å². The highest BCUT2D eigenvalue weighted by Crippen LogP contribution is 2.00. The Morgan fingerprint density at radius 3 is 2.33 bits per heavy atom. The minimum atomic E-state index is 0.982. The molecule has 1 aliphatic rings. The van der Waals surface area contributed by atoms with Crippen LogP contribution in [0.5, 0.6) is 0 Å². The zero-order chi connectivity index (χ0) is 12.6. The third-order valence-corrected chi connectivity index (χ3v) is 3.69. The molecule has 2 rings (SSSR count). The summed E-state index contributed by atoms with van der Waals surface area (Å²) in [6.07, 6.45) is 0. The van der Waals surface area contributed by atoms with E-state index in [1.165, 1.54) is 44.8 Å². The molecule has 3 nitrogen and oxygen atoms in total. The first kappa shape index (κ1) is 13.5. The largest absolute Gasteiger partial charge is 0.311 e. The quantitative estimate of drug-likeness (QED) is 0.767. The summed E-state index contributed by atoms with van der Waals surface area (Å²) < 4.78 is 0. The van der Waals surface area contributed by atoms with Crippen molar-refractivity contribution in [3.63, 3.8) is 0 Å². The molecule has 0 saturated carbocycles. The Morgan fingerprint density at radius 2 is 1.67 bits per heavy atom. The number of hydrogen-bond donors (Lipinski definition) is 1. The molecule has 1 aromatic rings. The SMILES string of the molecule is CCN1CCN(CCNCc2ccccc2)CC1. The van der Waals surface area contributed by atoms with Crippen molar-refractivity contribution < 1.29 is 0 Å². The number of nitrogens with one attached hydrogen (secondary N) is 1. The van der Waals surface area contributed by atoms with Crippen LogP contribution < -0.4 is 5.32 Å². The smallest absolute Gasteiger partial charge is 0.0206 e. The van der Waals surface area contributed by atoms with Gasteiger partial charge >= 0.3 is 0 Å². The van der Waals surface area contributed by atoms with Gasteiger partial charge in [-0.3, -0.25) is 4.90 Å². The van der Waals surface area contributed by atoms with E-state index in [4.69, 9.17) is 0 Å². The molecule has 1 heterocycles. The molecule has 1 aliphatic heterocycles. The molecule has 1 saturated heterocycles. The van der Waals surface area contributed by atoms with Crippen LogP contribution in [0, 0.1) is 0 Å². The molecule has 0 atom stereocenters. The summed E-state index contributed by atoms with van der Waals surface area (Å²) in [7, 11) is 0. The maximum Gasteiger partial charge on any atom is 0.0206 e. The van der Waals surface area contributed by atoms with Crippen molar-refractivity contribution in [2.24, 2.45) is 0 Å². The fourth-order valence-corrected chi connectivity index (χ4v) is 2.39. The van der Waals surface area contributed by atoms with Gasteiger partial charge in [-0.2, -0.15) is 0 Å². The maximum absolute atomic E-state index is 3.52. The Kier molecular flexibility index (Phi) is 5.65. The van der Waals surface area contributed by atoms with Crippen molar-refractivity contribution in [2.45, 2.75) is 13.5 Å². The van der Waals surface area contributed by atoms with E-state index >= 15 is 0 Å². The highest BCUT2D eigenvalue weighted by Gasteiger charge is 2.14. The summed E-state index contributed by atoms with van der Waals surface area (Å²) in [5, 5.41) is 3.52. The average Bonchev–Trinajstić information content (AvgIpc) is 2.45. The van der Waals surface area contributed by atoms with E-state index in [0.29, 0.717) is 0 Å². The number of piperazine rings is 1. The third-order valence-electron chi connectivity index (χ3n) is 3.69. The van der Waals surface area contributed by atoms with Gasteiger partial charge in [0.2, 0.25) is 0 Å². The molecule has 100 valence electrons. The van der Waals surface area contributed by atoms with Crippen LogP contribution >= 0.6 is 0 Å². The summed E-state index contributed by atoms with van der Waals surface area (Å²) in [5.74, 6) is 0. The lowest BCUT2D eigenvalue weighted by Crippen LogP contribution is -2.47. The Labute approximate surface area is 111 Å². The Bertz CT molecular complexity index is 318. The van der Waals surface area contributed by atoms with Gasteiger partial charge in [-0.25, -0.2) is 0 Å². The Balaban J connectivity index is 1.56. The average molecular weight is 247 g/mol. The number of likely N-dealkylation sites (N-methyl/N-ethyl adjacent to an activating group) is 1. The van der Waals surface area contributed by atoms with Crippen molar-refractivity contribution in [3.8, 4) is 0 Å². The van der Waals surface area contributed by atoms with Crippen molar-refractivity contribution in [1.82, 2.24) is 15.1 Å². The molecule has 0 spiro atoms. The zero-order valence-electron chi connectivity index (χ0n) is 11.4. The molecule has 1 fully saturated rings. The van der Waals surface area contributed by atoms with Crippen LogP contribution in [0.2, 0.25) is 0 Å². The third kappa shape index (κ3) is 4.41. The molecule has 18 heavy (non-hydrogen) atoms. The summed E-state index contributed by atoms with van der Waals surface area (Å²) in [4.78, 5) is 5.08. The van der Waals surface area contributed by atoms with E-state index in [1.807, 2.05) is 0 Å². The van der Waals surface area contributed by atoms with Crippen LogP contribution in [-0.4, -0.2) is 55.6 Å². The van der Waals surface area contributed by atoms with Crippen LogP contribution in [0.15, 0.2) is 30.3 Å². The molecule has 0 bridgehead atoms. The Hall–Kier alpha value is -0.900. The van der Waals surface area contributed by atoms with Gasteiger partial charge in [-0.15, -0.1) is 0 Å². The molecule has 0 radical (unpaired) electrons. The van der Waals surface area contributed by atoms with Gasteiger partial charge in [0.25, 0.3) is 0 Å². The van der Waals surface area contributed by atoms with E-state index < -0.39 is 0 Å². The van der Waals surface area contributed by atoms with Crippen LogP contribution in [-0.2, 0) is 6.54 Å². The second kappa shape index (κ2) is 7.52. The zero-order valence-corrected chi connectivity index (χ0v) is 11.4. The van der Waals surface area contributed by atoms with Crippen LogP contribution in [0.1, 0.15) is 12.5 Å². The van der Waals surface area contributed by atoms with Gasteiger partial charge in [-0.05, 0) is 12.1 Å². The summed E-state index contributed by atoms with van der Waals surface area (Å²) in [5.41, 5.74) is 1.37. The van der Waals surface area contributed by atoms with E-state index in [0.717, 1.165) is 13.1 Å². The van der Waals surface area contributed by atoms with E-state index in [9.17, 15) is 0 Å². The van der Waals surface area contributed by atoms with E-state index in [2.05, 4.69) is 52.4 Å². The van der Waals surface area contributed by atoms with Gasteiger partial charge in [0, 0.05) is 45.8 Å². The topological polar surface area (TPSA) is 18.5 Å². The molecular weight excluding hydrogens is 222 g/mol. The minimum Gasteiger partial charge on any atom is -0.311 e. The molecule has 0 aliphatic carbocycles. The summed E-state index contributed by atoms with van der Waals surface area (Å²) in [6.45, 7) is 11.6. The molecular formula is C15H25N3. The van der Waals surface area contributed by atoms with Crippen LogP contribution in [0.25, 0.3) is 0 Å². The predicted octanol–water partition coefficient (Wildman–Crippen LogP) is 1.41. The number of nitrogens with zero attached hydrogens (tertiary/aromatic N) is 2. The number of benzene rings is 1. The second-order valence-electron chi connectivity index (χ2n) is 4.94. The maximum atomic E-state index is 3.52. The second-order valence-corrected chi connectivity index (χ2v) is 4.94. The first-order valence-corrected chi connectivity index (χ1v) is 7.08. The highest BCUT2D eigenvalue weighted by molar-refractivity contribution is 5.14. The lowest BCUT2D eigenvalue weighted by Gasteiger charge is -2.34. The van der Waals surface area contributed by atoms with Crippen molar-refractivity contribution in [3.05, 3.63) is 35.9 Å². The van der Waals surface area contributed by atoms with Crippen LogP contribution in [0.4, 0.5) is 0 Å². The van der Waals surface area contributed by atoms with E-state index in [1.54, 1.807) is 0 Å². The highest BCUT2D eigenvalue weighted by atomic mass is 15.3. The van der Waals surface area contributed by atoms with Crippen molar-refractivity contribution >= 4 is 0 Å². The van der Waals surface area contributed by atoms with Crippen molar-refractivity contribution in [1.29, 1.82) is 0 Å². The molecule has 1 aromatic carbocycles. The standard InChI is InChI=1S/C15H25N3/c1-2-17-10-12-18(13-11-17)9-8-16-14-15-6-4-3-5-7-15/h3-7,16H,2,8-14H2,1H3. The van der Waals surface area contributed by atoms with E-state index in [-0.39, 0.29) is 0 Å². The molecule has 3 heteroatoms. The van der Waals surface area contributed by atoms with Gasteiger partial charge < -0.3 is 10.2 Å². The minimum absolute atomic E-state index is 0.982. The van der Waals surface area contributed by atoms with Gasteiger partial charge in [0.05, 0.1) is 0 Å². The monoisotopic (exact) mass is 247 g/mol. The summed E-state index contributed by atoms with van der Waals surface area (Å²) >= 11 is 0. The lowest BCUT2D eigenvalue weighted by atomic mass is 10.2. The fourth-order valence-electron chi connectivity index (χ4n) is 2.39. The van der Waals surface area contributed by atoms with Gasteiger partial charge in [0.1, 0.15) is 0 Å². The first-order chi connectivity index (χ1) is 8.88. The number of rotatable bonds is 6. The molecule has 0 aromatic heterocycles. The lowest BCUT2D eigenvalue weighted by molar-refractivity contribution is 0.138. The fraction of sp³-hybridized carbons (Fsp3) is 0.600.